The van der Waals surface area contributed by atoms with Gasteiger partial charge in [0.05, 0.1) is 13.1 Å². The van der Waals surface area contributed by atoms with Gasteiger partial charge in [0.2, 0.25) is 6.41 Å². The Hall–Kier alpha value is -1.71. The highest BCUT2D eigenvalue weighted by molar-refractivity contribution is 5.69. The van der Waals surface area contributed by atoms with Gasteiger partial charge in [0.15, 0.2) is 0 Å². The highest BCUT2D eigenvalue weighted by atomic mass is 16.4. The summed E-state index contributed by atoms with van der Waals surface area (Å²) in [5, 5.41) is 20.3. The van der Waals surface area contributed by atoms with Gasteiger partial charge in [0.1, 0.15) is 0 Å². The number of carbonyl (C=O) groups excluding carboxylic acids is 1. The SMILES string of the molecule is CC(C)NC=O.CCN1CCN(CC(=O)O)CCN(CC(=O)O)CC1. The molecule has 0 atom stereocenters. The fourth-order valence-corrected chi connectivity index (χ4v) is 2.34. The number of nitrogens with zero attached hydrogens (tertiary/aromatic N) is 3. The summed E-state index contributed by atoms with van der Waals surface area (Å²) in [7, 11) is 0. The van der Waals surface area contributed by atoms with Crippen LogP contribution in [0.15, 0.2) is 0 Å². The minimum absolute atomic E-state index is 0.0124. The number of carbonyl (C=O) groups is 3. The zero-order valence-corrected chi connectivity index (χ0v) is 15.5. The normalized spacial score (nSPS) is 17.6. The molecule has 0 aliphatic carbocycles. The van der Waals surface area contributed by atoms with Crippen LogP contribution in [0.5, 0.6) is 0 Å². The van der Waals surface area contributed by atoms with Crippen molar-refractivity contribution in [2.45, 2.75) is 26.8 Å². The molecule has 1 fully saturated rings. The Morgan fingerprint density at radius 1 is 0.920 bits per heavy atom. The Kier molecular flexibility index (Phi) is 12.6. The van der Waals surface area contributed by atoms with E-state index in [-0.39, 0.29) is 19.1 Å². The molecule has 0 saturated carbocycles. The molecule has 25 heavy (non-hydrogen) atoms. The number of rotatable bonds is 7. The van der Waals surface area contributed by atoms with Gasteiger partial charge in [-0.3, -0.25) is 24.2 Å². The maximum atomic E-state index is 10.8. The number of amides is 1. The number of nitrogens with one attached hydrogen (secondary N) is 1. The van der Waals surface area contributed by atoms with E-state index in [4.69, 9.17) is 10.2 Å². The van der Waals surface area contributed by atoms with E-state index in [1.807, 2.05) is 23.6 Å². The minimum Gasteiger partial charge on any atom is -0.480 e. The van der Waals surface area contributed by atoms with E-state index >= 15 is 0 Å². The fourth-order valence-electron chi connectivity index (χ4n) is 2.34. The first kappa shape index (κ1) is 23.3. The second-order valence-electron chi connectivity index (χ2n) is 6.21. The fraction of sp³-hybridized carbons (Fsp3) is 0.812. The zero-order valence-electron chi connectivity index (χ0n) is 15.5. The molecule has 0 bridgehead atoms. The smallest absolute Gasteiger partial charge is 0.317 e. The van der Waals surface area contributed by atoms with Crippen LogP contribution in [0.25, 0.3) is 0 Å². The third kappa shape index (κ3) is 13.3. The molecule has 146 valence electrons. The van der Waals surface area contributed by atoms with Gasteiger partial charge in [0, 0.05) is 45.3 Å². The van der Waals surface area contributed by atoms with Crippen LogP contribution in [0.4, 0.5) is 0 Å². The molecule has 1 heterocycles. The summed E-state index contributed by atoms with van der Waals surface area (Å²) < 4.78 is 0. The predicted molar refractivity (Wildman–Crippen MR) is 94.6 cm³/mol. The average molecular weight is 360 g/mol. The maximum absolute atomic E-state index is 10.8. The first-order valence-electron chi connectivity index (χ1n) is 8.58. The molecule has 1 aliphatic rings. The van der Waals surface area contributed by atoms with Gasteiger partial charge in [-0.15, -0.1) is 0 Å². The molecule has 9 heteroatoms. The first-order chi connectivity index (χ1) is 11.8. The average Bonchev–Trinajstić information content (AvgIpc) is 2.59. The van der Waals surface area contributed by atoms with Crippen LogP contribution in [0.2, 0.25) is 0 Å². The van der Waals surface area contributed by atoms with E-state index in [1.54, 1.807) is 0 Å². The Morgan fingerprint density at radius 2 is 1.28 bits per heavy atom. The zero-order chi connectivity index (χ0) is 19.2. The number of hydrogen-bond donors (Lipinski definition) is 3. The van der Waals surface area contributed by atoms with Gasteiger partial charge in [-0.25, -0.2) is 0 Å². The van der Waals surface area contributed by atoms with Crippen molar-refractivity contribution in [1.82, 2.24) is 20.0 Å². The molecule has 1 amide bonds. The molecule has 9 nitrogen and oxygen atoms in total. The highest BCUT2D eigenvalue weighted by Gasteiger charge is 2.18. The van der Waals surface area contributed by atoms with Gasteiger partial charge in [0.25, 0.3) is 0 Å². The van der Waals surface area contributed by atoms with Crippen LogP contribution in [-0.4, -0.2) is 108 Å². The Labute approximate surface area is 149 Å². The number of aliphatic carboxylic acids is 2. The minimum atomic E-state index is -0.841. The summed E-state index contributed by atoms with van der Waals surface area (Å²) in [6.45, 7) is 11.0. The third-order valence-corrected chi connectivity index (χ3v) is 3.76. The van der Waals surface area contributed by atoms with Crippen LogP contribution in [0.1, 0.15) is 20.8 Å². The lowest BCUT2D eigenvalue weighted by Crippen LogP contribution is -2.40. The van der Waals surface area contributed by atoms with E-state index in [1.165, 1.54) is 0 Å². The molecule has 1 saturated heterocycles. The van der Waals surface area contributed by atoms with Crippen molar-refractivity contribution in [3.63, 3.8) is 0 Å². The molecule has 0 spiro atoms. The molecule has 0 unspecified atom stereocenters. The largest absolute Gasteiger partial charge is 0.480 e. The van der Waals surface area contributed by atoms with E-state index in [2.05, 4.69) is 17.1 Å². The molecular formula is C16H32N4O5. The first-order valence-corrected chi connectivity index (χ1v) is 8.58. The van der Waals surface area contributed by atoms with Gasteiger partial charge in [-0.05, 0) is 20.4 Å². The van der Waals surface area contributed by atoms with Crippen LogP contribution >= 0.6 is 0 Å². The summed E-state index contributed by atoms with van der Waals surface area (Å²) in [6.07, 6.45) is 0.699. The summed E-state index contributed by atoms with van der Waals surface area (Å²) in [4.78, 5) is 37.1. The van der Waals surface area contributed by atoms with Crippen LogP contribution in [-0.2, 0) is 14.4 Å². The molecule has 3 N–H and O–H groups in total. The summed E-state index contributed by atoms with van der Waals surface area (Å²) in [5.41, 5.74) is 0. The second-order valence-corrected chi connectivity index (χ2v) is 6.21. The van der Waals surface area contributed by atoms with Crippen molar-refractivity contribution >= 4 is 18.3 Å². The summed E-state index contributed by atoms with van der Waals surface area (Å²) in [6, 6.07) is 0.280. The topological polar surface area (TPSA) is 113 Å². The Bertz CT molecular complexity index is 378. The van der Waals surface area contributed by atoms with Crippen molar-refractivity contribution in [3.8, 4) is 0 Å². The third-order valence-electron chi connectivity index (χ3n) is 3.76. The van der Waals surface area contributed by atoms with Crippen molar-refractivity contribution < 1.29 is 24.6 Å². The quantitative estimate of drug-likeness (QED) is 0.508. The summed E-state index contributed by atoms with van der Waals surface area (Å²) >= 11 is 0. The van der Waals surface area contributed by atoms with Crippen LogP contribution < -0.4 is 5.32 Å². The number of hydrogen-bond acceptors (Lipinski definition) is 6. The van der Waals surface area contributed by atoms with Crippen molar-refractivity contribution in [2.24, 2.45) is 0 Å². The molecule has 0 aromatic heterocycles. The Morgan fingerprint density at radius 3 is 1.48 bits per heavy atom. The van der Waals surface area contributed by atoms with Gasteiger partial charge in [-0.1, -0.05) is 6.92 Å². The van der Waals surface area contributed by atoms with Crippen molar-refractivity contribution in [2.75, 3.05) is 58.9 Å². The van der Waals surface area contributed by atoms with E-state index in [9.17, 15) is 14.4 Å². The van der Waals surface area contributed by atoms with E-state index < -0.39 is 11.9 Å². The molecule has 1 aliphatic heterocycles. The predicted octanol–water partition coefficient (Wildman–Crippen LogP) is -0.764. The molecule has 1 rings (SSSR count). The van der Waals surface area contributed by atoms with Gasteiger partial charge < -0.3 is 20.4 Å². The molecule has 0 radical (unpaired) electrons. The summed E-state index contributed by atoms with van der Waals surface area (Å²) in [5.74, 6) is -1.68. The molecular weight excluding hydrogens is 328 g/mol. The molecule has 0 aromatic carbocycles. The lowest BCUT2D eigenvalue weighted by Gasteiger charge is -2.23. The number of likely N-dealkylation sites (N-methyl/N-ethyl adjacent to an activating group) is 1. The second kappa shape index (κ2) is 13.6. The lowest BCUT2D eigenvalue weighted by atomic mass is 10.4. The van der Waals surface area contributed by atoms with Gasteiger partial charge >= 0.3 is 11.9 Å². The number of carboxylic acids is 2. The molecule has 0 aromatic rings. The Balaban J connectivity index is 0.000000823. The van der Waals surface area contributed by atoms with E-state index in [0.717, 1.165) is 19.6 Å². The van der Waals surface area contributed by atoms with Gasteiger partial charge in [-0.2, -0.15) is 0 Å². The van der Waals surface area contributed by atoms with Crippen LogP contribution in [0, 0.1) is 0 Å². The van der Waals surface area contributed by atoms with Crippen molar-refractivity contribution in [3.05, 3.63) is 0 Å². The maximum Gasteiger partial charge on any atom is 0.317 e. The monoisotopic (exact) mass is 360 g/mol. The van der Waals surface area contributed by atoms with Crippen molar-refractivity contribution in [1.29, 1.82) is 0 Å². The van der Waals surface area contributed by atoms with Crippen LogP contribution in [0.3, 0.4) is 0 Å². The standard InChI is InChI=1S/C12H23N3O4.C4H9NO/c1-2-13-3-5-14(9-11(16)17)7-8-15(6-4-13)10-12(18)19;1-4(2)5-3-6/h2-10H2,1H3,(H,16,17)(H,18,19);3-4H,1-2H3,(H,5,6). The lowest BCUT2D eigenvalue weighted by molar-refractivity contribution is -0.140. The van der Waals surface area contributed by atoms with E-state index in [0.29, 0.717) is 32.6 Å². The number of carboxylic acid groups (broad SMARTS) is 2. The highest BCUT2D eigenvalue weighted by Crippen LogP contribution is 2.00.